The summed E-state index contributed by atoms with van der Waals surface area (Å²) >= 11 is 0. The van der Waals surface area contributed by atoms with Crippen LogP contribution in [0.25, 0.3) is 0 Å². The Bertz CT molecular complexity index is 471. The van der Waals surface area contributed by atoms with Crippen molar-refractivity contribution in [2.45, 2.75) is 24.7 Å². The topological polar surface area (TPSA) is 66.4 Å². The van der Waals surface area contributed by atoms with Gasteiger partial charge in [-0.2, -0.15) is 0 Å². The summed E-state index contributed by atoms with van der Waals surface area (Å²) in [5, 5.41) is 12.0. The SMILES string of the molecule is CC(CO)CCCNc1ccccc1S(C)(=O)=O. The summed E-state index contributed by atoms with van der Waals surface area (Å²) in [5.74, 6) is 0.289. The fourth-order valence-corrected chi connectivity index (χ4v) is 2.57. The van der Waals surface area contributed by atoms with E-state index in [1.807, 2.05) is 13.0 Å². The van der Waals surface area contributed by atoms with Gasteiger partial charge in [0, 0.05) is 19.4 Å². The quantitative estimate of drug-likeness (QED) is 0.743. The fourth-order valence-electron chi connectivity index (χ4n) is 1.70. The van der Waals surface area contributed by atoms with Gasteiger partial charge < -0.3 is 10.4 Å². The molecule has 0 aliphatic heterocycles. The lowest BCUT2D eigenvalue weighted by atomic mass is 10.1. The zero-order chi connectivity index (χ0) is 13.6. The highest BCUT2D eigenvalue weighted by molar-refractivity contribution is 7.90. The van der Waals surface area contributed by atoms with Crippen LogP contribution in [0.1, 0.15) is 19.8 Å². The predicted octanol–water partition coefficient (Wildman–Crippen LogP) is 1.91. The van der Waals surface area contributed by atoms with Crippen molar-refractivity contribution in [3.63, 3.8) is 0 Å². The molecular weight excluding hydrogens is 250 g/mol. The first-order chi connectivity index (χ1) is 8.45. The number of hydrogen-bond donors (Lipinski definition) is 2. The molecule has 0 saturated heterocycles. The second-order valence-electron chi connectivity index (χ2n) is 4.63. The maximum atomic E-state index is 11.6. The van der Waals surface area contributed by atoms with E-state index >= 15 is 0 Å². The van der Waals surface area contributed by atoms with E-state index < -0.39 is 9.84 Å². The number of anilines is 1. The van der Waals surface area contributed by atoms with Crippen molar-refractivity contribution in [1.82, 2.24) is 0 Å². The molecule has 1 aromatic carbocycles. The highest BCUT2D eigenvalue weighted by Crippen LogP contribution is 2.20. The summed E-state index contributed by atoms with van der Waals surface area (Å²) in [7, 11) is -3.19. The molecule has 0 saturated carbocycles. The maximum absolute atomic E-state index is 11.6. The van der Waals surface area contributed by atoms with Gasteiger partial charge in [0.1, 0.15) is 0 Å². The number of sulfone groups is 1. The second kappa shape index (κ2) is 6.75. The van der Waals surface area contributed by atoms with Crippen molar-refractivity contribution in [3.8, 4) is 0 Å². The van der Waals surface area contributed by atoms with Gasteiger partial charge in [-0.3, -0.25) is 0 Å². The van der Waals surface area contributed by atoms with Crippen LogP contribution in [0, 0.1) is 5.92 Å². The summed E-state index contributed by atoms with van der Waals surface area (Å²) in [5.41, 5.74) is 0.650. The molecule has 1 atom stereocenters. The predicted molar refractivity (Wildman–Crippen MR) is 73.5 cm³/mol. The number of nitrogens with one attached hydrogen (secondary N) is 1. The molecule has 0 aliphatic carbocycles. The zero-order valence-corrected chi connectivity index (χ0v) is 11.7. The van der Waals surface area contributed by atoms with Crippen LogP contribution < -0.4 is 5.32 Å². The third-order valence-electron chi connectivity index (χ3n) is 2.79. The van der Waals surface area contributed by atoms with E-state index in [-0.39, 0.29) is 12.5 Å². The molecule has 0 amide bonds. The Morgan fingerprint density at radius 1 is 1.33 bits per heavy atom. The number of aliphatic hydroxyl groups is 1. The van der Waals surface area contributed by atoms with Crippen LogP contribution in [0.5, 0.6) is 0 Å². The van der Waals surface area contributed by atoms with Gasteiger partial charge in [-0.1, -0.05) is 19.1 Å². The molecule has 0 heterocycles. The van der Waals surface area contributed by atoms with Crippen molar-refractivity contribution in [1.29, 1.82) is 0 Å². The number of aliphatic hydroxyl groups excluding tert-OH is 1. The molecule has 2 N–H and O–H groups in total. The van der Waals surface area contributed by atoms with Crippen LogP contribution in [0.3, 0.4) is 0 Å². The van der Waals surface area contributed by atoms with Gasteiger partial charge in [0.05, 0.1) is 10.6 Å². The fraction of sp³-hybridized carbons (Fsp3) is 0.538. The molecule has 18 heavy (non-hydrogen) atoms. The Hall–Kier alpha value is -1.07. The van der Waals surface area contributed by atoms with Gasteiger partial charge in [-0.15, -0.1) is 0 Å². The van der Waals surface area contributed by atoms with Gasteiger partial charge in [0.15, 0.2) is 9.84 Å². The van der Waals surface area contributed by atoms with Crippen LogP contribution >= 0.6 is 0 Å². The van der Waals surface area contributed by atoms with Crippen LogP contribution in [-0.2, 0) is 9.84 Å². The van der Waals surface area contributed by atoms with E-state index in [9.17, 15) is 8.42 Å². The van der Waals surface area contributed by atoms with Crippen molar-refractivity contribution in [3.05, 3.63) is 24.3 Å². The summed E-state index contributed by atoms with van der Waals surface area (Å²) in [4.78, 5) is 0.334. The molecular formula is C13H21NO3S. The maximum Gasteiger partial charge on any atom is 0.177 e. The molecule has 1 aromatic rings. The van der Waals surface area contributed by atoms with Crippen molar-refractivity contribution >= 4 is 15.5 Å². The smallest absolute Gasteiger partial charge is 0.177 e. The van der Waals surface area contributed by atoms with Gasteiger partial charge in [0.25, 0.3) is 0 Å². The molecule has 4 nitrogen and oxygen atoms in total. The molecule has 102 valence electrons. The molecule has 1 rings (SSSR count). The van der Waals surface area contributed by atoms with E-state index in [1.165, 1.54) is 6.26 Å². The molecule has 0 spiro atoms. The number of benzene rings is 1. The Morgan fingerprint density at radius 3 is 2.61 bits per heavy atom. The molecule has 5 heteroatoms. The molecule has 0 radical (unpaired) electrons. The standard InChI is InChI=1S/C13H21NO3S/c1-11(10-15)6-5-9-14-12-7-3-4-8-13(12)18(2,16)17/h3-4,7-8,11,14-15H,5-6,9-10H2,1-2H3. The van der Waals surface area contributed by atoms with Gasteiger partial charge >= 0.3 is 0 Å². The number of rotatable bonds is 7. The average Bonchev–Trinajstić information content (AvgIpc) is 2.33. The number of para-hydroxylation sites is 1. The minimum Gasteiger partial charge on any atom is -0.396 e. The summed E-state index contributed by atoms with van der Waals surface area (Å²) in [6.45, 7) is 2.89. The van der Waals surface area contributed by atoms with E-state index in [0.717, 1.165) is 12.8 Å². The van der Waals surface area contributed by atoms with E-state index in [1.54, 1.807) is 18.2 Å². The van der Waals surface area contributed by atoms with Gasteiger partial charge in [0.2, 0.25) is 0 Å². The summed E-state index contributed by atoms with van der Waals surface area (Å²) < 4.78 is 23.1. The normalized spacial score (nSPS) is 13.3. The van der Waals surface area contributed by atoms with Gasteiger partial charge in [-0.05, 0) is 30.9 Å². The highest BCUT2D eigenvalue weighted by atomic mass is 32.2. The Kier molecular flexibility index (Phi) is 5.62. The van der Waals surface area contributed by atoms with Crippen molar-refractivity contribution in [2.24, 2.45) is 5.92 Å². The average molecular weight is 271 g/mol. The van der Waals surface area contributed by atoms with Crippen LogP contribution in [0.4, 0.5) is 5.69 Å². The van der Waals surface area contributed by atoms with Crippen molar-refractivity contribution < 1.29 is 13.5 Å². The van der Waals surface area contributed by atoms with Crippen LogP contribution in [0.15, 0.2) is 29.2 Å². The van der Waals surface area contributed by atoms with E-state index in [2.05, 4.69) is 5.32 Å². The van der Waals surface area contributed by atoms with Crippen LogP contribution in [0.2, 0.25) is 0 Å². The molecule has 0 aromatic heterocycles. The van der Waals surface area contributed by atoms with Gasteiger partial charge in [-0.25, -0.2) is 8.42 Å². The largest absolute Gasteiger partial charge is 0.396 e. The second-order valence-corrected chi connectivity index (χ2v) is 6.61. The first-order valence-corrected chi connectivity index (χ1v) is 7.98. The third-order valence-corrected chi connectivity index (χ3v) is 3.94. The highest BCUT2D eigenvalue weighted by Gasteiger charge is 2.11. The van der Waals surface area contributed by atoms with Crippen LogP contribution in [-0.4, -0.2) is 32.9 Å². The molecule has 0 bridgehead atoms. The monoisotopic (exact) mass is 271 g/mol. The summed E-state index contributed by atoms with van der Waals surface area (Å²) in [6.07, 6.45) is 3.03. The molecule has 0 fully saturated rings. The lowest BCUT2D eigenvalue weighted by molar-refractivity contribution is 0.229. The summed E-state index contributed by atoms with van der Waals surface area (Å²) in [6, 6.07) is 6.91. The first kappa shape index (κ1) is 15.0. The van der Waals surface area contributed by atoms with E-state index in [0.29, 0.717) is 17.1 Å². The molecule has 0 aliphatic rings. The minimum absolute atomic E-state index is 0.194. The Morgan fingerprint density at radius 2 is 2.00 bits per heavy atom. The number of hydrogen-bond acceptors (Lipinski definition) is 4. The minimum atomic E-state index is -3.19. The lowest BCUT2D eigenvalue weighted by Gasteiger charge is -2.12. The lowest BCUT2D eigenvalue weighted by Crippen LogP contribution is -2.09. The Balaban J connectivity index is 2.58. The van der Waals surface area contributed by atoms with E-state index in [4.69, 9.17) is 5.11 Å². The van der Waals surface area contributed by atoms with Crippen molar-refractivity contribution in [2.75, 3.05) is 24.7 Å². The molecule has 1 unspecified atom stereocenters. The zero-order valence-electron chi connectivity index (χ0n) is 10.9. The first-order valence-electron chi connectivity index (χ1n) is 6.09. The third kappa shape index (κ3) is 4.66. The Labute approximate surface area is 109 Å².